The molecule has 3 rings (SSSR count). The molecular formula is C19H22N2O4S. The summed E-state index contributed by atoms with van der Waals surface area (Å²) >= 11 is 0. The molecule has 2 aromatic rings. The quantitative estimate of drug-likeness (QED) is 0.873. The molecule has 1 heterocycles. The summed E-state index contributed by atoms with van der Waals surface area (Å²) in [6, 6.07) is 11.8. The standard InChI is InChI=1S/C19H22N2O4S/c1-3-20-26(23,24)17-8-4-6-15(13-17)19(22)21-11-5-7-14-12-16(25-2)9-10-18(14)21/h4,6,8-10,12-13,20H,3,5,7,11H2,1-2H3. The number of nitrogens with zero attached hydrogens (tertiary/aromatic N) is 1. The number of ether oxygens (including phenoxy) is 1. The van der Waals surface area contributed by atoms with Crippen LogP contribution < -0.4 is 14.4 Å². The highest BCUT2D eigenvalue weighted by atomic mass is 32.2. The zero-order valence-electron chi connectivity index (χ0n) is 14.9. The second-order valence-electron chi connectivity index (χ2n) is 6.08. The van der Waals surface area contributed by atoms with E-state index in [0.29, 0.717) is 18.7 Å². The zero-order valence-corrected chi connectivity index (χ0v) is 15.7. The van der Waals surface area contributed by atoms with Gasteiger partial charge in [0.15, 0.2) is 0 Å². The van der Waals surface area contributed by atoms with Crippen molar-refractivity contribution < 1.29 is 17.9 Å². The van der Waals surface area contributed by atoms with Gasteiger partial charge in [-0.1, -0.05) is 13.0 Å². The van der Waals surface area contributed by atoms with Crippen LogP contribution in [0, 0.1) is 0 Å². The van der Waals surface area contributed by atoms with Gasteiger partial charge in [0.2, 0.25) is 10.0 Å². The van der Waals surface area contributed by atoms with E-state index < -0.39 is 10.0 Å². The van der Waals surface area contributed by atoms with E-state index in [9.17, 15) is 13.2 Å². The van der Waals surface area contributed by atoms with Crippen molar-refractivity contribution in [3.8, 4) is 5.75 Å². The highest BCUT2D eigenvalue weighted by Gasteiger charge is 2.25. The van der Waals surface area contributed by atoms with Crippen molar-refractivity contribution in [3.05, 3.63) is 53.6 Å². The Morgan fingerprint density at radius 1 is 1.23 bits per heavy atom. The van der Waals surface area contributed by atoms with E-state index >= 15 is 0 Å². The monoisotopic (exact) mass is 374 g/mol. The largest absolute Gasteiger partial charge is 0.497 e. The van der Waals surface area contributed by atoms with E-state index in [2.05, 4.69) is 4.72 Å². The van der Waals surface area contributed by atoms with E-state index in [0.717, 1.165) is 29.8 Å². The number of carbonyl (C=O) groups excluding carboxylic acids is 1. The van der Waals surface area contributed by atoms with E-state index in [4.69, 9.17) is 4.74 Å². The average Bonchev–Trinajstić information content (AvgIpc) is 2.66. The van der Waals surface area contributed by atoms with Crippen LogP contribution in [0.4, 0.5) is 5.69 Å². The normalized spacial score (nSPS) is 14.0. The molecule has 1 aliphatic heterocycles. The van der Waals surface area contributed by atoms with E-state index in [-0.39, 0.29) is 10.8 Å². The lowest BCUT2D eigenvalue weighted by Crippen LogP contribution is -2.35. The fraction of sp³-hybridized carbons (Fsp3) is 0.316. The molecule has 1 aliphatic rings. The highest BCUT2D eigenvalue weighted by Crippen LogP contribution is 2.31. The summed E-state index contributed by atoms with van der Waals surface area (Å²) < 4.78 is 32.1. The highest BCUT2D eigenvalue weighted by molar-refractivity contribution is 7.89. The van der Waals surface area contributed by atoms with Crippen molar-refractivity contribution >= 4 is 21.6 Å². The molecule has 0 saturated heterocycles. The number of hydrogen-bond acceptors (Lipinski definition) is 4. The van der Waals surface area contributed by atoms with Crippen molar-refractivity contribution in [1.29, 1.82) is 0 Å². The molecule has 0 bridgehead atoms. The molecule has 1 amide bonds. The second kappa shape index (κ2) is 7.47. The Balaban J connectivity index is 1.94. The van der Waals surface area contributed by atoms with E-state index in [1.165, 1.54) is 12.1 Å². The molecule has 7 heteroatoms. The lowest BCUT2D eigenvalue weighted by Gasteiger charge is -2.30. The van der Waals surface area contributed by atoms with Crippen LogP contribution in [0.5, 0.6) is 5.75 Å². The molecule has 2 aromatic carbocycles. The molecule has 1 N–H and O–H groups in total. The Morgan fingerprint density at radius 2 is 2.04 bits per heavy atom. The van der Waals surface area contributed by atoms with Crippen LogP contribution in [0.1, 0.15) is 29.3 Å². The van der Waals surface area contributed by atoms with Crippen LogP contribution in [0.15, 0.2) is 47.4 Å². The van der Waals surface area contributed by atoms with Crippen LogP contribution >= 0.6 is 0 Å². The van der Waals surface area contributed by atoms with Crippen molar-refractivity contribution in [1.82, 2.24) is 4.72 Å². The number of benzene rings is 2. The fourth-order valence-corrected chi connectivity index (χ4v) is 4.22. The molecule has 138 valence electrons. The lowest BCUT2D eigenvalue weighted by molar-refractivity contribution is 0.0985. The topological polar surface area (TPSA) is 75.7 Å². The maximum Gasteiger partial charge on any atom is 0.258 e. The molecule has 0 aliphatic carbocycles. The molecule has 0 unspecified atom stereocenters. The Labute approximate surface area is 153 Å². The van der Waals surface area contributed by atoms with Crippen molar-refractivity contribution in [2.75, 3.05) is 25.1 Å². The number of anilines is 1. The number of hydrogen-bond donors (Lipinski definition) is 1. The summed E-state index contributed by atoms with van der Waals surface area (Å²) in [5.74, 6) is 0.557. The number of methoxy groups -OCH3 is 1. The predicted molar refractivity (Wildman–Crippen MR) is 100 cm³/mol. The number of aryl methyl sites for hydroxylation is 1. The molecule has 0 atom stereocenters. The number of nitrogens with one attached hydrogen (secondary N) is 1. The molecule has 0 radical (unpaired) electrons. The molecule has 6 nitrogen and oxygen atoms in total. The summed E-state index contributed by atoms with van der Waals surface area (Å²) in [7, 11) is -1.99. The number of rotatable bonds is 5. The van der Waals surface area contributed by atoms with Crippen LogP contribution in [0.25, 0.3) is 0 Å². The van der Waals surface area contributed by atoms with Crippen LogP contribution in [-0.4, -0.2) is 34.5 Å². The predicted octanol–water partition coefficient (Wildman–Crippen LogP) is 2.59. The van der Waals surface area contributed by atoms with Crippen molar-refractivity contribution in [3.63, 3.8) is 0 Å². The third kappa shape index (κ3) is 3.59. The smallest absolute Gasteiger partial charge is 0.258 e. The Kier molecular flexibility index (Phi) is 5.29. The van der Waals surface area contributed by atoms with Gasteiger partial charge in [-0.15, -0.1) is 0 Å². The number of sulfonamides is 1. The zero-order chi connectivity index (χ0) is 18.7. The first-order valence-electron chi connectivity index (χ1n) is 8.55. The van der Waals surface area contributed by atoms with Crippen LogP contribution in [-0.2, 0) is 16.4 Å². The SMILES string of the molecule is CCNS(=O)(=O)c1cccc(C(=O)N2CCCc3cc(OC)ccc32)c1. The van der Waals surface area contributed by atoms with Crippen molar-refractivity contribution in [2.24, 2.45) is 0 Å². The van der Waals surface area contributed by atoms with Gasteiger partial charge < -0.3 is 9.64 Å². The minimum atomic E-state index is -3.60. The Bertz CT molecular complexity index is 925. The van der Waals surface area contributed by atoms with Crippen LogP contribution in [0.2, 0.25) is 0 Å². The molecule has 0 spiro atoms. The Hall–Kier alpha value is -2.38. The first-order chi connectivity index (χ1) is 12.5. The summed E-state index contributed by atoms with van der Waals surface area (Å²) in [6.07, 6.45) is 1.73. The minimum absolute atomic E-state index is 0.0946. The summed E-state index contributed by atoms with van der Waals surface area (Å²) in [6.45, 7) is 2.61. The number of fused-ring (bicyclic) bond motifs is 1. The van der Waals surface area contributed by atoms with Gasteiger partial charge in [0.05, 0.1) is 12.0 Å². The van der Waals surface area contributed by atoms with Gasteiger partial charge in [-0.2, -0.15) is 0 Å². The van der Waals surface area contributed by atoms with Gasteiger partial charge in [-0.25, -0.2) is 13.1 Å². The number of amides is 1. The van der Waals surface area contributed by atoms with Crippen LogP contribution in [0.3, 0.4) is 0 Å². The lowest BCUT2D eigenvalue weighted by atomic mass is 10.0. The molecule has 0 aromatic heterocycles. The third-order valence-corrected chi connectivity index (χ3v) is 5.92. The van der Waals surface area contributed by atoms with Gasteiger partial charge in [-0.3, -0.25) is 4.79 Å². The maximum absolute atomic E-state index is 13.0. The minimum Gasteiger partial charge on any atom is -0.497 e. The number of carbonyl (C=O) groups is 1. The molecule has 0 saturated carbocycles. The maximum atomic E-state index is 13.0. The summed E-state index contributed by atoms with van der Waals surface area (Å²) in [4.78, 5) is 14.8. The first-order valence-corrected chi connectivity index (χ1v) is 10.0. The van der Waals surface area contributed by atoms with Gasteiger partial charge in [0.1, 0.15) is 5.75 Å². The Morgan fingerprint density at radius 3 is 2.77 bits per heavy atom. The molecule has 26 heavy (non-hydrogen) atoms. The van der Waals surface area contributed by atoms with Crippen molar-refractivity contribution in [2.45, 2.75) is 24.7 Å². The second-order valence-corrected chi connectivity index (χ2v) is 7.85. The van der Waals surface area contributed by atoms with Gasteiger partial charge >= 0.3 is 0 Å². The van der Waals surface area contributed by atoms with E-state index in [1.54, 1.807) is 31.1 Å². The third-order valence-electron chi connectivity index (χ3n) is 4.38. The fourth-order valence-electron chi connectivity index (χ4n) is 3.14. The summed E-state index contributed by atoms with van der Waals surface area (Å²) in [5.41, 5.74) is 2.26. The van der Waals surface area contributed by atoms with E-state index in [1.807, 2.05) is 18.2 Å². The average molecular weight is 374 g/mol. The van der Waals surface area contributed by atoms with Gasteiger partial charge in [-0.05, 0) is 54.8 Å². The van der Waals surface area contributed by atoms with Gasteiger partial charge in [0, 0.05) is 24.3 Å². The molecular weight excluding hydrogens is 352 g/mol. The first kappa shape index (κ1) is 18.4. The molecule has 0 fully saturated rings. The summed E-state index contributed by atoms with van der Waals surface area (Å²) in [5, 5.41) is 0. The van der Waals surface area contributed by atoms with Gasteiger partial charge in [0.25, 0.3) is 5.91 Å².